The summed E-state index contributed by atoms with van der Waals surface area (Å²) in [6, 6.07) is 10.8. The van der Waals surface area contributed by atoms with E-state index in [0.717, 1.165) is 27.9 Å². The molecule has 0 bridgehead atoms. The number of amides is 3. The van der Waals surface area contributed by atoms with E-state index in [1.165, 1.54) is 0 Å². The van der Waals surface area contributed by atoms with Crippen LogP contribution in [0.5, 0.6) is 0 Å². The van der Waals surface area contributed by atoms with Gasteiger partial charge in [0, 0.05) is 11.2 Å². The third-order valence-electron chi connectivity index (χ3n) is 5.57. The SMILES string of the molecule is Cc1cc(C)cc(C(C(=O)Nc2c(C)cccc2C)N(C(=O)CNC(=O)OC(C)(C)C)C(C)(C)C)c1. The van der Waals surface area contributed by atoms with Gasteiger partial charge in [0.15, 0.2) is 0 Å². The first-order chi connectivity index (χ1) is 16.5. The van der Waals surface area contributed by atoms with E-state index in [4.69, 9.17) is 4.74 Å². The average molecular weight is 496 g/mol. The van der Waals surface area contributed by atoms with Gasteiger partial charge in [-0.05, 0) is 85.9 Å². The number of carbonyl (C=O) groups excluding carboxylic acids is 3. The highest BCUT2D eigenvalue weighted by atomic mass is 16.6. The van der Waals surface area contributed by atoms with Crippen LogP contribution in [0.25, 0.3) is 0 Å². The van der Waals surface area contributed by atoms with Crippen molar-refractivity contribution in [3.8, 4) is 0 Å². The highest BCUT2D eigenvalue weighted by Crippen LogP contribution is 2.32. The third kappa shape index (κ3) is 7.83. The van der Waals surface area contributed by atoms with Gasteiger partial charge in [0.05, 0.1) is 0 Å². The molecule has 36 heavy (non-hydrogen) atoms. The number of carbonyl (C=O) groups is 3. The predicted molar refractivity (Wildman–Crippen MR) is 144 cm³/mol. The van der Waals surface area contributed by atoms with Crippen LogP contribution in [-0.2, 0) is 14.3 Å². The lowest BCUT2D eigenvalue weighted by Gasteiger charge is -2.41. The van der Waals surface area contributed by atoms with Gasteiger partial charge in [0.25, 0.3) is 5.91 Å². The van der Waals surface area contributed by atoms with Crippen molar-refractivity contribution in [3.63, 3.8) is 0 Å². The maximum atomic E-state index is 13.9. The standard InChI is InChI=1S/C29H41N3O4/c1-18-14-19(2)16-22(15-18)25(26(34)31-24-20(3)12-11-13-21(24)4)32(28(5,6)7)23(33)17-30-27(35)36-29(8,9)10/h11-16,25H,17H2,1-10H3,(H,30,35)(H,31,34). The lowest BCUT2D eigenvalue weighted by Crippen LogP contribution is -2.54. The number of benzene rings is 2. The number of alkyl carbamates (subject to hydrolysis) is 1. The quantitative estimate of drug-likeness (QED) is 0.534. The second-order valence-corrected chi connectivity index (χ2v) is 11.4. The number of aryl methyl sites for hydroxylation is 4. The molecule has 2 aromatic carbocycles. The highest BCUT2D eigenvalue weighted by molar-refractivity contribution is 5.99. The molecule has 7 heteroatoms. The highest BCUT2D eigenvalue weighted by Gasteiger charge is 2.39. The summed E-state index contributed by atoms with van der Waals surface area (Å²) in [7, 11) is 0. The Bertz CT molecular complexity index is 1090. The number of anilines is 1. The van der Waals surface area contributed by atoms with Gasteiger partial charge < -0.3 is 20.3 Å². The second kappa shape index (κ2) is 11.1. The molecule has 0 saturated heterocycles. The van der Waals surface area contributed by atoms with Gasteiger partial charge in [-0.2, -0.15) is 0 Å². The molecule has 2 N–H and O–H groups in total. The van der Waals surface area contributed by atoms with E-state index in [2.05, 4.69) is 10.6 Å². The maximum Gasteiger partial charge on any atom is 0.408 e. The summed E-state index contributed by atoms with van der Waals surface area (Å²) in [5.41, 5.74) is 3.86. The first kappa shape index (κ1) is 28.9. The van der Waals surface area contributed by atoms with E-state index in [1.54, 1.807) is 25.7 Å². The summed E-state index contributed by atoms with van der Waals surface area (Å²) in [4.78, 5) is 41.3. The van der Waals surface area contributed by atoms with Gasteiger partial charge in [-0.1, -0.05) is 47.5 Å². The fourth-order valence-corrected chi connectivity index (χ4v) is 4.24. The van der Waals surface area contributed by atoms with E-state index in [-0.39, 0.29) is 12.5 Å². The van der Waals surface area contributed by atoms with Gasteiger partial charge in [0.2, 0.25) is 5.91 Å². The topological polar surface area (TPSA) is 87.7 Å². The van der Waals surface area contributed by atoms with Crippen molar-refractivity contribution in [2.45, 2.75) is 86.4 Å². The zero-order valence-electron chi connectivity index (χ0n) is 23.3. The van der Waals surface area contributed by atoms with Crippen LogP contribution in [0.1, 0.15) is 75.4 Å². The minimum absolute atomic E-state index is 0.301. The van der Waals surface area contributed by atoms with Crippen LogP contribution in [-0.4, -0.2) is 40.5 Å². The minimum atomic E-state index is -0.921. The molecule has 0 radical (unpaired) electrons. The van der Waals surface area contributed by atoms with E-state index >= 15 is 0 Å². The largest absolute Gasteiger partial charge is 0.444 e. The number of nitrogens with zero attached hydrogens (tertiary/aromatic N) is 1. The predicted octanol–water partition coefficient (Wildman–Crippen LogP) is 5.75. The fourth-order valence-electron chi connectivity index (χ4n) is 4.24. The smallest absolute Gasteiger partial charge is 0.408 e. The van der Waals surface area contributed by atoms with E-state index in [1.807, 2.05) is 84.9 Å². The summed E-state index contributed by atoms with van der Waals surface area (Å²) in [5, 5.41) is 5.62. The molecule has 0 aliphatic rings. The Hall–Kier alpha value is -3.35. The Kier molecular flexibility index (Phi) is 8.94. The molecular weight excluding hydrogens is 454 g/mol. The molecule has 1 unspecified atom stereocenters. The van der Waals surface area contributed by atoms with Gasteiger partial charge >= 0.3 is 6.09 Å². The first-order valence-electron chi connectivity index (χ1n) is 12.2. The van der Waals surface area contributed by atoms with Crippen LogP contribution in [0.2, 0.25) is 0 Å². The molecule has 3 amide bonds. The number of para-hydroxylation sites is 1. The summed E-state index contributed by atoms with van der Waals surface area (Å²) < 4.78 is 5.28. The van der Waals surface area contributed by atoms with Crippen molar-refractivity contribution in [3.05, 3.63) is 64.2 Å². The van der Waals surface area contributed by atoms with Crippen LogP contribution in [0, 0.1) is 27.7 Å². The van der Waals surface area contributed by atoms with Crippen molar-refractivity contribution >= 4 is 23.6 Å². The average Bonchev–Trinajstić information content (AvgIpc) is 2.70. The first-order valence-corrected chi connectivity index (χ1v) is 12.2. The lowest BCUT2D eigenvalue weighted by molar-refractivity contribution is -0.144. The number of ether oxygens (including phenoxy) is 1. The Labute approximate surface area is 215 Å². The Morgan fingerprint density at radius 3 is 1.89 bits per heavy atom. The monoisotopic (exact) mass is 495 g/mol. The molecule has 7 nitrogen and oxygen atoms in total. The van der Waals surface area contributed by atoms with Crippen LogP contribution in [0.3, 0.4) is 0 Å². The van der Waals surface area contributed by atoms with E-state index in [0.29, 0.717) is 5.56 Å². The molecule has 196 valence electrons. The second-order valence-electron chi connectivity index (χ2n) is 11.4. The fraction of sp³-hybridized carbons (Fsp3) is 0.483. The maximum absolute atomic E-state index is 13.9. The van der Waals surface area contributed by atoms with Crippen molar-refractivity contribution < 1.29 is 19.1 Å². The number of rotatable bonds is 6. The molecular formula is C29H41N3O4. The van der Waals surface area contributed by atoms with E-state index in [9.17, 15) is 14.4 Å². The van der Waals surface area contributed by atoms with E-state index < -0.39 is 29.2 Å². The van der Waals surface area contributed by atoms with Crippen molar-refractivity contribution in [1.29, 1.82) is 0 Å². The summed E-state index contributed by atoms with van der Waals surface area (Å²) >= 11 is 0. The summed E-state index contributed by atoms with van der Waals surface area (Å²) in [6.45, 7) is 18.4. The van der Waals surface area contributed by atoms with Crippen LogP contribution in [0.4, 0.5) is 10.5 Å². The summed E-state index contributed by atoms with van der Waals surface area (Å²) in [5.74, 6) is -0.716. The van der Waals surface area contributed by atoms with Crippen LogP contribution < -0.4 is 10.6 Å². The minimum Gasteiger partial charge on any atom is -0.444 e. The number of hydrogen-bond donors (Lipinski definition) is 2. The van der Waals surface area contributed by atoms with Gasteiger partial charge in [0.1, 0.15) is 18.2 Å². The number of nitrogens with one attached hydrogen (secondary N) is 2. The molecule has 0 spiro atoms. The van der Waals surface area contributed by atoms with Crippen molar-refractivity contribution in [2.24, 2.45) is 0 Å². The van der Waals surface area contributed by atoms with Gasteiger partial charge in [-0.25, -0.2) is 4.79 Å². The van der Waals surface area contributed by atoms with Gasteiger partial charge in [-0.3, -0.25) is 9.59 Å². The molecule has 0 aliphatic carbocycles. The molecule has 0 heterocycles. The molecule has 0 fully saturated rings. The van der Waals surface area contributed by atoms with Gasteiger partial charge in [-0.15, -0.1) is 0 Å². The van der Waals surface area contributed by atoms with Crippen molar-refractivity contribution in [2.75, 3.05) is 11.9 Å². The molecule has 2 rings (SSSR count). The summed E-state index contributed by atoms with van der Waals surface area (Å²) in [6.07, 6.45) is -0.687. The van der Waals surface area contributed by atoms with Crippen molar-refractivity contribution in [1.82, 2.24) is 10.2 Å². The Morgan fingerprint density at radius 1 is 0.889 bits per heavy atom. The van der Waals surface area contributed by atoms with Crippen LogP contribution >= 0.6 is 0 Å². The molecule has 0 aliphatic heterocycles. The lowest BCUT2D eigenvalue weighted by atomic mass is 9.94. The Morgan fingerprint density at radius 2 is 1.42 bits per heavy atom. The molecule has 0 aromatic heterocycles. The normalized spacial score (nSPS) is 12.5. The molecule has 0 saturated carbocycles. The number of hydrogen-bond acceptors (Lipinski definition) is 4. The zero-order valence-corrected chi connectivity index (χ0v) is 23.3. The zero-order chi connectivity index (χ0) is 27.4. The molecule has 1 atom stereocenters. The molecule has 2 aromatic rings. The third-order valence-corrected chi connectivity index (χ3v) is 5.57. The van der Waals surface area contributed by atoms with Crippen LogP contribution in [0.15, 0.2) is 36.4 Å². The Balaban J connectivity index is 2.52.